The Morgan fingerprint density at radius 1 is 0.439 bits per heavy atom. The summed E-state index contributed by atoms with van der Waals surface area (Å²) in [5.41, 5.74) is 0. The molecule has 0 saturated heterocycles. The molecule has 0 aliphatic carbocycles. The van der Waals surface area contributed by atoms with Crippen LogP contribution in [-0.2, 0) is 27.9 Å². The van der Waals surface area contributed by atoms with Gasteiger partial charge in [-0.2, -0.15) is 0 Å². The van der Waals surface area contributed by atoms with E-state index in [1.807, 2.05) is 33.3 Å². The maximum absolute atomic E-state index is 13.6. The van der Waals surface area contributed by atoms with Crippen LogP contribution >= 0.6 is 7.82 Å². The molecule has 82 heavy (non-hydrogen) atoms. The van der Waals surface area contributed by atoms with Crippen LogP contribution in [-0.4, -0.2) is 74.3 Å². The summed E-state index contributed by atoms with van der Waals surface area (Å²) in [6.07, 6.45) is 82.6. The highest BCUT2D eigenvalue weighted by molar-refractivity contribution is 7.47. The predicted octanol–water partition coefficient (Wildman–Crippen LogP) is 21.5. The SMILES string of the molecule is CC/C=C\C/C=C\C/C=C\C/C=C\C/C=C\CCCCCCCCCCCC(=O)NC(COP(=O)(O)OCC[N+](C)(C)C)C(/C=C\CCCCCCCCCCCC)OC(=O)CCCCCCCCCCC/C=C\C/C=C\CCCCC. The molecule has 0 aliphatic rings. The number of carbonyl (C=O) groups is 2. The van der Waals surface area contributed by atoms with Crippen LogP contribution < -0.4 is 5.32 Å². The van der Waals surface area contributed by atoms with Crippen molar-refractivity contribution in [3.8, 4) is 0 Å². The molecule has 3 unspecified atom stereocenters. The third kappa shape index (κ3) is 61.5. The predicted molar refractivity (Wildman–Crippen MR) is 355 cm³/mol. The number of phosphoric ester groups is 1. The van der Waals surface area contributed by atoms with E-state index in [0.29, 0.717) is 17.4 Å². The van der Waals surface area contributed by atoms with E-state index in [1.54, 1.807) is 0 Å². The van der Waals surface area contributed by atoms with Crippen molar-refractivity contribution in [3.05, 3.63) is 97.2 Å². The fourth-order valence-corrected chi connectivity index (χ4v) is 10.3. The van der Waals surface area contributed by atoms with Crippen molar-refractivity contribution in [2.45, 2.75) is 309 Å². The molecule has 474 valence electrons. The van der Waals surface area contributed by atoms with Gasteiger partial charge in [0.1, 0.15) is 19.3 Å². The smallest absolute Gasteiger partial charge is 0.456 e. The third-order valence-electron chi connectivity index (χ3n) is 14.8. The number of likely N-dealkylation sites (N-methyl/N-ethyl adjacent to an activating group) is 1. The lowest BCUT2D eigenvalue weighted by Gasteiger charge is -2.27. The van der Waals surface area contributed by atoms with Crippen LogP contribution in [0.5, 0.6) is 0 Å². The van der Waals surface area contributed by atoms with Crippen molar-refractivity contribution in [3.63, 3.8) is 0 Å². The zero-order valence-corrected chi connectivity index (χ0v) is 55.1. The molecule has 0 aromatic rings. The van der Waals surface area contributed by atoms with Gasteiger partial charge in [0, 0.05) is 12.8 Å². The van der Waals surface area contributed by atoms with Gasteiger partial charge in [0.25, 0.3) is 0 Å². The fourth-order valence-electron chi connectivity index (χ4n) is 9.53. The van der Waals surface area contributed by atoms with Crippen molar-refractivity contribution in [1.82, 2.24) is 5.32 Å². The number of unbranched alkanes of at least 4 members (excludes halogenated alkanes) is 31. The van der Waals surface area contributed by atoms with Gasteiger partial charge < -0.3 is 19.4 Å². The minimum absolute atomic E-state index is 0.0346. The molecule has 0 fully saturated rings. The van der Waals surface area contributed by atoms with Crippen LogP contribution in [0.1, 0.15) is 297 Å². The minimum atomic E-state index is -4.46. The highest BCUT2D eigenvalue weighted by Gasteiger charge is 2.30. The summed E-state index contributed by atoms with van der Waals surface area (Å²) >= 11 is 0. The molecular formula is C72H130N2O7P+. The average Bonchev–Trinajstić information content (AvgIpc) is 3.44. The monoisotopic (exact) mass is 1170 g/mol. The van der Waals surface area contributed by atoms with Crippen molar-refractivity contribution >= 4 is 19.7 Å². The van der Waals surface area contributed by atoms with Gasteiger partial charge in [0.2, 0.25) is 5.91 Å². The zero-order chi connectivity index (χ0) is 60.0. The number of hydrogen-bond acceptors (Lipinski definition) is 6. The third-order valence-corrected chi connectivity index (χ3v) is 15.7. The molecule has 0 saturated carbocycles. The van der Waals surface area contributed by atoms with Crippen LogP contribution in [0.15, 0.2) is 97.2 Å². The molecule has 0 heterocycles. The van der Waals surface area contributed by atoms with E-state index in [2.05, 4.69) is 111 Å². The molecular weight excluding hydrogens is 1040 g/mol. The Hall–Kier alpha value is -3.07. The summed E-state index contributed by atoms with van der Waals surface area (Å²) in [4.78, 5) is 37.9. The zero-order valence-electron chi connectivity index (χ0n) is 54.2. The summed E-state index contributed by atoms with van der Waals surface area (Å²) < 4.78 is 30.8. The first-order valence-corrected chi connectivity index (χ1v) is 35.6. The normalized spacial score (nSPS) is 14.2. The second-order valence-corrected chi connectivity index (χ2v) is 25.4. The van der Waals surface area contributed by atoms with Crippen molar-refractivity contribution < 1.29 is 37.3 Å². The Bertz CT molecular complexity index is 1720. The van der Waals surface area contributed by atoms with Crippen LogP contribution in [0.3, 0.4) is 0 Å². The van der Waals surface area contributed by atoms with E-state index in [9.17, 15) is 19.0 Å². The standard InChI is InChI=1S/C72H129N2O7P/c1-7-10-13-16-19-22-25-28-30-32-34-35-36-37-38-39-41-42-44-46-49-52-55-58-61-64-71(75)73-69(68-80-82(77,78)79-67-66-74(4,5)6)70(63-60-57-54-51-48-27-24-21-18-15-12-9-3)81-72(76)65-62-59-56-53-50-47-45-43-40-33-31-29-26-23-20-17-14-11-8-2/h10,13,19-20,22-23,28-31,34-35,37-38,60,63,69-70H,7-9,11-12,14-18,21,24-27,32-33,36,39-59,61-62,64-68H2,1-6H3,(H-,73,75,77,78)/p+1/b13-10-,22-19-,23-20-,30-28-,31-29-,35-34-,38-37-,63-60-. The van der Waals surface area contributed by atoms with E-state index < -0.39 is 20.0 Å². The van der Waals surface area contributed by atoms with E-state index >= 15 is 0 Å². The summed E-state index contributed by atoms with van der Waals surface area (Å²) in [5, 5.41) is 3.06. The van der Waals surface area contributed by atoms with Gasteiger partial charge in [0.05, 0.1) is 33.8 Å². The van der Waals surface area contributed by atoms with E-state index in [-0.39, 0.29) is 31.5 Å². The highest BCUT2D eigenvalue weighted by atomic mass is 31.2. The molecule has 0 spiro atoms. The number of hydrogen-bond donors (Lipinski definition) is 2. The van der Waals surface area contributed by atoms with Gasteiger partial charge in [-0.25, -0.2) is 4.57 Å². The quantitative estimate of drug-likeness (QED) is 0.0205. The Morgan fingerprint density at radius 2 is 0.780 bits per heavy atom. The number of carbonyl (C=O) groups excluding carboxylic acids is 2. The Morgan fingerprint density at radius 3 is 1.20 bits per heavy atom. The molecule has 9 nitrogen and oxygen atoms in total. The topological polar surface area (TPSA) is 111 Å². The molecule has 0 radical (unpaired) electrons. The van der Waals surface area contributed by atoms with Crippen molar-refractivity contribution in [2.75, 3.05) is 40.9 Å². The summed E-state index contributed by atoms with van der Waals surface area (Å²) in [7, 11) is 1.48. The Kier molecular flexibility index (Phi) is 58.7. The van der Waals surface area contributed by atoms with Gasteiger partial charge in [-0.15, -0.1) is 0 Å². The van der Waals surface area contributed by atoms with Gasteiger partial charge in [-0.3, -0.25) is 18.6 Å². The number of nitrogens with one attached hydrogen (secondary N) is 1. The molecule has 0 aromatic carbocycles. The van der Waals surface area contributed by atoms with Gasteiger partial charge in [-0.1, -0.05) is 272 Å². The number of esters is 1. The second-order valence-electron chi connectivity index (χ2n) is 24.0. The summed E-state index contributed by atoms with van der Waals surface area (Å²) in [5.74, 6) is -0.515. The number of rotatable bonds is 61. The number of phosphoric acid groups is 1. The van der Waals surface area contributed by atoms with Gasteiger partial charge in [0.15, 0.2) is 0 Å². The number of nitrogens with zero attached hydrogens (tertiary/aromatic N) is 1. The summed E-state index contributed by atoms with van der Waals surface area (Å²) in [6, 6.07) is -0.859. The molecule has 0 bridgehead atoms. The molecule has 0 rings (SSSR count). The molecule has 10 heteroatoms. The van der Waals surface area contributed by atoms with Crippen LogP contribution in [0.4, 0.5) is 0 Å². The minimum Gasteiger partial charge on any atom is -0.456 e. The Labute approximate surface area is 507 Å². The van der Waals surface area contributed by atoms with Crippen molar-refractivity contribution in [2.24, 2.45) is 0 Å². The maximum Gasteiger partial charge on any atom is 0.472 e. The van der Waals surface area contributed by atoms with Crippen LogP contribution in [0, 0.1) is 0 Å². The first-order chi connectivity index (χ1) is 39.9. The number of ether oxygens (including phenoxy) is 1. The lowest BCUT2D eigenvalue weighted by molar-refractivity contribution is -0.870. The second kappa shape index (κ2) is 61.0. The first kappa shape index (κ1) is 78.9. The van der Waals surface area contributed by atoms with E-state index in [0.717, 1.165) is 109 Å². The fraction of sp³-hybridized carbons (Fsp3) is 0.750. The van der Waals surface area contributed by atoms with E-state index in [4.69, 9.17) is 13.8 Å². The molecule has 0 aromatic heterocycles. The molecule has 0 aliphatic heterocycles. The highest BCUT2D eigenvalue weighted by Crippen LogP contribution is 2.43. The lowest BCUT2D eigenvalue weighted by atomic mass is 10.0. The molecule has 1 amide bonds. The van der Waals surface area contributed by atoms with Crippen molar-refractivity contribution in [1.29, 1.82) is 0 Å². The molecule has 2 N–H and O–H groups in total. The van der Waals surface area contributed by atoms with Crippen LogP contribution in [0.2, 0.25) is 0 Å². The van der Waals surface area contributed by atoms with Crippen LogP contribution in [0.25, 0.3) is 0 Å². The number of amides is 1. The summed E-state index contributed by atoms with van der Waals surface area (Å²) in [6.45, 7) is 6.88. The maximum atomic E-state index is 13.6. The number of allylic oxidation sites excluding steroid dienone is 15. The number of quaternary nitrogens is 1. The van der Waals surface area contributed by atoms with Gasteiger partial charge in [-0.05, 0) is 109 Å². The van der Waals surface area contributed by atoms with Gasteiger partial charge >= 0.3 is 13.8 Å². The van der Waals surface area contributed by atoms with E-state index in [1.165, 1.54) is 154 Å². The lowest BCUT2D eigenvalue weighted by Crippen LogP contribution is -2.47. The molecule has 3 atom stereocenters. The Balaban J connectivity index is 5.14. The first-order valence-electron chi connectivity index (χ1n) is 34.1. The average molecular weight is 1170 g/mol. The largest absolute Gasteiger partial charge is 0.472 e.